The maximum atomic E-state index is 12.3. The Kier molecular flexibility index (Phi) is 4.31. The zero-order valence-electron chi connectivity index (χ0n) is 13.1. The number of thiophene rings is 1. The van der Waals surface area contributed by atoms with Crippen LogP contribution >= 0.6 is 34.3 Å². The fourth-order valence-corrected chi connectivity index (χ4v) is 4.39. The van der Waals surface area contributed by atoms with Crippen molar-refractivity contribution in [2.24, 2.45) is 0 Å². The van der Waals surface area contributed by atoms with Gasteiger partial charge in [-0.2, -0.15) is 0 Å². The number of anilines is 1. The molecule has 3 amide bonds. The Morgan fingerprint density at radius 3 is 2.42 bits per heavy atom. The van der Waals surface area contributed by atoms with Crippen molar-refractivity contribution >= 4 is 57.1 Å². The fourth-order valence-electron chi connectivity index (χ4n) is 2.58. The average molecular weight is 404 g/mol. The normalized spacial score (nSPS) is 13.2. The monoisotopic (exact) mass is 403 g/mol. The van der Waals surface area contributed by atoms with Crippen molar-refractivity contribution in [3.8, 4) is 10.6 Å². The largest absolute Gasteiger partial charge is 0.300 e. The molecule has 0 spiro atoms. The van der Waals surface area contributed by atoms with Gasteiger partial charge in [0.15, 0.2) is 5.13 Å². The standard InChI is InChI=1S/C17H10ClN3O3S2/c18-13-6-5-12(26-13)11-8-25-17(19-11)20-14(22)7-21-15(23)9-3-1-2-4-10(9)16(21)24/h1-6,8H,7H2,(H,19,20,22). The summed E-state index contributed by atoms with van der Waals surface area (Å²) in [5.41, 5.74) is 1.34. The fraction of sp³-hybridized carbons (Fsp3) is 0.0588. The topological polar surface area (TPSA) is 79.4 Å². The minimum absolute atomic E-state index is 0.316. The Bertz CT molecular complexity index is 1010. The SMILES string of the molecule is O=C(CN1C(=O)c2ccccc2C1=O)Nc1nc(-c2ccc(Cl)s2)cs1. The zero-order valence-corrected chi connectivity index (χ0v) is 15.5. The van der Waals surface area contributed by atoms with Crippen molar-refractivity contribution < 1.29 is 14.4 Å². The molecule has 4 rings (SSSR count). The Balaban J connectivity index is 1.45. The summed E-state index contributed by atoms with van der Waals surface area (Å²) in [4.78, 5) is 43.0. The van der Waals surface area contributed by atoms with Gasteiger partial charge in [0.05, 0.1) is 26.0 Å². The lowest BCUT2D eigenvalue weighted by atomic mass is 10.1. The van der Waals surface area contributed by atoms with Crippen molar-refractivity contribution in [3.63, 3.8) is 0 Å². The number of halogens is 1. The summed E-state index contributed by atoms with van der Waals surface area (Å²) in [6.07, 6.45) is 0. The highest BCUT2D eigenvalue weighted by Crippen LogP contribution is 2.32. The molecule has 1 aromatic carbocycles. The number of rotatable bonds is 4. The number of nitrogens with one attached hydrogen (secondary N) is 1. The minimum atomic E-state index is -0.482. The summed E-state index contributed by atoms with van der Waals surface area (Å²) in [5, 5.41) is 4.83. The van der Waals surface area contributed by atoms with Gasteiger partial charge in [-0.15, -0.1) is 22.7 Å². The summed E-state index contributed by atoms with van der Waals surface area (Å²) < 4.78 is 0.657. The second kappa shape index (κ2) is 6.64. The van der Waals surface area contributed by atoms with Crippen molar-refractivity contribution in [2.45, 2.75) is 0 Å². The molecule has 6 nitrogen and oxygen atoms in total. The first kappa shape index (κ1) is 16.9. The number of fused-ring (bicyclic) bond motifs is 1. The summed E-state index contributed by atoms with van der Waals surface area (Å²) in [5.74, 6) is -1.41. The van der Waals surface area contributed by atoms with Gasteiger partial charge in [-0.05, 0) is 24.3 Å². The summed E-state index contributed by atoms with van der Waals surface area (Å²) in [6, 6.07) is 10.1. The van der Waals surface area contributed by atoms with E-state index in [1.165, 1.54) is 22.7 Å². The second-order valence-electron chi connectivity index (χ2n) is 5.43. The van der Waals surface area contributed by atoms with Crippen molar-refractivity contribution in [1.82, 2.24) is 9.88 Å². The summed E-state index contributed by atoms with van der Waals surface area (Å²) in [6.45, 7) is -0.355. The van der Waals surface area contributed by atoms with E-state index in [2.05, 4.69) is 10.3 Å². The summed E-state index contributed by atoms with van der Waals surface area (Å²) in [7, 11) is 0. The van der Waals surface area contributed by atoms with Crippen molar-refractivity contribution in [2.75, 3.05) is 11.9 Å². The number of carbonyl (C=O) groups excluding carboxylic acids is 3. The predicted octanol–water partition coefficient (Wildman–Crippen LogP) is 3.76. The summed E-state index contributed by atoms with van der Waals surface area (Å²) >= 11 is 8.57. The number of thiazole rings is 1. The number of nitrogens with zero attached hydrogens (tertiary/aromatic N) is 2. The molecule has 1 aliphatic rings. The molecule has 0 saturated carbocycles. The van der Waals surface area contributed by atoms with Gasteiger partial charge in [-0.3, -0.25) is 19.3 Å². The number of benzene rings is 1. The van der Waals surface area contributed by atoms with Gasteiger partial charge < -0.3 is 5.32 Å². The van der Waals surface area contributed by atoms with Crippen LogP contribution in [0, 0.1) is 0 Å². The maximum absolute atomic E-state index is 12.3. The van der Waals surface area contributed by atoms with Crippen LogP contribution in [-0.4, -0.2) is 34.2 Å². The number of carbonyl (C=O) groups is 3. The number of aromatic nitrogens is 1. The van der Waals surface area contributed by atoms with Crippen LogP contribution in [0.2, 0.25) is 4.34 Å². The third-order valence-electron chi connectivity index (χ3n) is 3.76. The molecule has 2 aromatic heterocycles. The van der Waals surface area contributed by atoms with E-state index in [9.17, 15) is 14.4 Å². The molecule has 0 aliphatic carbocycles. The Labute approximate surface area is 161 Å². The third-order valence-corrected chi connectivity index (χ3v) is 5.77. The molecule has 0 radical (unpaired) electrons. The first-order chi connectivity index (χ1) is 12.5. The van der Waals surface area contributed by atoms with Crippen molar-refractivity contribution in [3.05, 3.63) is 57.2 Å². The Morgan fingerprint density at radius 1 is 1.12 bits per heavy atom. The second-order valence-corrected chi connectivity index (χ2v) is 8.01. The van der Waals surface area contributed by atoms with Gasteiger partial charge in [-0.1, -0.05) is 23.7 Å². The molecule has 130 valence electrons. The zero-order chi connectivity index (χ0) is 18.3. The quantitative estimate of drug-likeness (QED) is 0.672. The average Bonchev–Trinajstić information content (AvgIpc) is 3.32. The van der Waals surface area contributed by atoms with E-state index in [0.29, 0.717) is 26.3 Å². The van der Waals surface area contributed by atoms with Gasteiger partial charge in [0.2, 0.25) is 5.91 Å². The van der Waals surface area contributed by atoms with Crippen LogP contribution in [0.15, 0.2) is 41.8 Å². The van der Waals surface area contributed by atoms with Crippen LogP contribution in [0.1, 0.15) is 20.7 Å². The minimum Gasteiger partial charge on any atom is -0.300 e. The third kappa shape index (κ3) is 3.03. The number of imide groups is 1. The number of hydrogen-bond donors (Lipinski definition) is 1. The molecule has 26 heavy (non-hydrogen) atoms. The molecule has 0 fully saturated rings. The van der Waals surface area contributed by atoms with Crippen LogP contribution in [0.5, 0.6) is 0 Å². The van der Waals surface area contributed by atoms with Crippen LogP contribution in [0.4, 0.5) is 5.13 Å². The van der Waals surface area contributed by atoms with Crippen LogP contribution < -0.4 is 5.32 Å². The molecule has 9 heteroatoms. The lowest BCUT2D eigenvalue weighted by molar-refractivity contribution is -0.116. The molecular weight excluding hydrogens is 394 g/mol. The van der Waals surface area contributed by atoms with E-state index in [-0.39, 0.29) is 6.54 Å². The predicted molar refractivity (Wildman–Crippen MR) is 101 cm³/mol. The Morgan fingerprint density at radius 2 is 1.81 bits per heavy atom. The highest BCUT2D eigenvalue weighted by atomic mass is 35.5. The highest BCUT2D eigenvalue weighted by Gasteiger charge is 2.36. The highest BCUT2D eigenvalue weighted by molar-refractivity contribution is 7.20. The molecule has 3 aromatic rings. The lowest BCUT2D eigenvalue weighted by Gasteiger charge is -2.12. The van der Waals surface area contributed by atoms with E-state index < -0.39 is 17.7 Å². The molecule has 0 bridgehead atoms. The number of amides is 3. The number of hydrogen-bond acceptors (Lipinski definition) is 6. The van der Waals surface area contributed by atoms with Crippen LogP contribution in [0.25, 0.3) is 10.6 Å². The first-order valence-electron chi connectivity index (χ1n) is 7.49. The van der Waals surface area contributed by atoms with Gasteiger partial charge >= 0.3 is 0 Å². The van der Waals surface area contributed by atoms with E-state index in [1.807, 2.05) is 6.07 Å². The van der Waals surface area contributed by atoms with Crippen LogP contribution in [0.3, 0.4) is 0 Å². The van der Waals surface area contributed by atoms with Gasteiger partial charge in [0.1, 0.15) is 6.54 Å². The van der Waals surface area contributed by atoms with Crippen LogP contribution in [-0.2, 0) is 4.79 Å². The van der Waals surface area contributed by atoms with Gasteiger partial charge in [-0.25, -0.2) is 4.98 Å². The molecule has 3 heterocycles. The van der Waals surface area contributed by atoms with E-state index in [4.69, 9.17) is 11.6 Å². The van der Waals surface area contributed by atoms with E-state index in [1.54, 1.807) is 35.7 Å². The van der Waals surface area contributed by atoms with E-state index in [0.717, 1.165) is 9.78 Å². The molecule has 0 saturated heterocycles. The Hall–Kier alpha value is -2.55. The van der Waals surface area contributed by atoms with E-state index >= 15 is 0 Å². The first-order valence-corrected chi connectivity index (χ1v) is 9.56. The molecule has 1 N–H and O–H groups in total. The molecule has 0 atom stereocenters. The molecular formula is C17H10ClN3O3S2. The van der Waals surface area contributed by atoms with Crippen molar-refractivity contribution in [1.29, 1.82) is 0 Å². The lowest BCUT2D eigenvalue weighted by Crippen LogP contribution is -2.37. The molecule has 1 aliphatic heterocycles. The molecule has 0 unspecified atom stereocenters. The smallest absolute Gasteiger partial charge is 0.262 e. The van der Waals surface area contributed by atoms with Gasteiger partial charge in [0.25, 0.3) is 11.8 Å². The maximum Gasteiger partial charge on any atom is 0.262 e. The van der Waals surface area contributed by atoms with Gasteiger partial charge in [0, 0.05) is 5.38 Å².